The zero-order chi connectivity index (χ0) is 33.7. The Morgan fingerprint density at radius 3 is 1.92 bits per heavy atom. The van der Waals surface area contributed by atoms with Crippen molar-refractivity contribution >= 4 is 60.9 Å². The Morgan fingerprint density at radius 1 is 0.392 bits per heavy atom. The molecule has 0 N–H and O–H groups in total. The summed E-state index contributed by atoms with van der Waals surface area (Å²) >= 11 is 0. The van der Waals surface area contributed by atoms with E-state index in [1.165, 1.54) is 21.9 Å². The van der Waals surface area contributed by atoms with Gasteiger partial charge in [-0.1, -0.05) is 115 Å². The minimum Gasteiger partial charge on any atom is -0.456 e. The average molecular weight is 655 g/mol. The lowest BCUT2D eigenvalue weighted by Crippen LogP contribution is -2.10. The van der Waals surface area contributed by atoms with Gasteiger partial charge in [0.1, 0.15) is 16.7 Å². The lowest BCUT2D eigenvalue weighted by molar-refractivity contribution is 0.620. The molecule has 0 fully saturated rings. The van der Waals surface area contributed by atoms with Crippen LogP contribution in [0, 0.1) is 0 Å². The molecule has 51 heavy (non-hydrogen) atoms. The van der Waals surface area contributed by atoms with Crippen LogP contribution in [-0.2, 0) is 0 Å². The van der Waals surface area contributed by atoms with Gasteiger partial charge in [-0.2, -0.15) is 0 Å². The van der Waals surface area contributed by atoms with Crippen LogP contribution >= 0.6 is 0 Å². The van der Waals surface area contributed by atoms with Crippen molar-refractivity contribution in [3.05, 3.63) is 182 Å². The first-order chi connectivity index (χ1) is 25.3. The van der Waals surface area contributed by atoms with Crippen LogP contribution < -0.4 is 4.90 Å². The molecular weight excluding hydrogens is 625 g/mol. The van der Waals surface area contributed by atoms with Gasteiger partial charge in [0, 0.05) is 39.5 Å². The van der Waals surface area contributed by atoms with E-state index in [1.54, 1.807) is 0 Å². The number of hydrogen-bond donors (Lipinski definition) is 0. The molecule has 0 saturated carbocycles. The molecule has 0 saturated heterocycles. The van der Waals surface area contributed by atoms with Gasteiger partial charge in [0.25, 0.3) is 0 Å². The monoisotopic (exact) mass is 654 g/mol. The molecular formula is C47H30N2O2. The molecule has 8 aromatic carbocycles. The second kappa shape index (κ2) is 11.9. The van der Waals surface area contributed by atoms with Gasteiger partial charge in [0.05, 0.1) is 0 Å². The second-order valence-electron chi connectivity index (χ2n) is 12.8. The number of benzene rings is 8. The van der Waals surface area contributed by atoms with Crippen molar-refractivity contribution in [3.8, 4) is 33.7 Å². The van der Waals surface area contributed by atoms with Crippen LogP contribution in [0.2, 0.25) is 0 Å². The number of para-hydroxylation sites is 2. The molecule has 0 atom stereocenters. The summed E-state index contributed by atoms with van der Waals surface area (Å²) in [5, 5.41) is 4.45. The maximum atomic E-state index is 6.59. The maximum Gasteiger partial charge on any atom is 0.228 e. The highest BCUT2D eigenvalue weighted by Gasteiger charge is 2.20. The zero-order valence-electron chi connectivity index (χ0n) is 27.5. The van der Waals surface area contributed by atoms with Gasteiger partial charge in [-0.15, -0.1) is 0 Å². The average Bonchev–Trinajstić information content (AvgIpc) is 3.80. The van der Waals surface area contributed by atoms with Crippen LogP contribution in [0.4, 0.5) is 17.1 Å². The molecule has 4 nitrogen and oxygen atoms in total. The number of furan rings is 1. The molecule has 2 aromatic heterocycles. The summed E-state index contributed by atoms with van der Waals surface area (Å²) in [6, 6.07) is 63.5. The predicted octanol–water partition coefficient (Wildman–Crippen LogP) is 13.4. The highest BCUT2D eigenvalue weighted by Crippen LogP contribution is 2.43. The molecule has 0 bridgehead atoms. The van der Waals surface area contributed by atoms with Crippen molar-refractivity contribution in [1.29, 1.82) is 0 Å². The molecule has 0 amide bonds. The number of hydrogen-bond acceptors (Lipinski definition) is 4. The summed E-state index contributed by atoms with van der Waals surface area (Å²) in [5.74, 6) is 0.582. The Morgan fingerprint density at radius 2 is 1.04 bits per heavy atom. The first-order valence-electron chi connectivity index (χ1n) is 17.1. The third-order valence-electron chi connectivity index (χ3n) is 9.68. The molecule has 0 radical (unpaired) electrons. The van der Waals surface area contributed by atoms with Gasteiger partial charge in [-0.3, -0.25) is 0 Å². The van der Waals surface area contributed by atoms with Crippen LogP contribution in [0.5, 0.6) is 0 Å². The minimum atomic E-state index is 0.582. The summed E-state index contributed by atoms with van der Waals surface area (Å²) < 4.78 is 12.8. The number of anilines is 3. The smallest absolute Gasteiger partial charge is 0.228 e. The summed E-state index contributed by atoms with van der Waals surface area (Å²) in [5.41, 5.74) is 11.8. The van der Waals surface area contributed by atoms with E-state index in [2.05, 4.69) is 150 Å². The van der Waals surface area contributed by atoms with Crippen molar-refractivity contribution in [1.82, 2.24) is 4.98 Å². The molecule has 0 aliphatic heterocycles. The van der Waals surface area contributed by atoms with E-state index >= 15 is 0 Å². The summed E-state index contributed by atoms with van der Waals surface area (Å²) in [7, 11) is 0. The SMILES string of the molecule is c1ccc(-c2cccc(N(c3cccc(-c4cccc5ccccc45)c3)c3ccc4c(c3)oc3cccc(-c5nc6ccccc6o5)c34)c2)cc1. The van der Waals surface area contributed by atoms with Gasteiger partial charge in [-0.25, -0.2) is 4.98 Å². The van der Waals surface area contributed by atoms with E-state index < -0.39 is 0 Å². The lowest BCUT2D eigenvalue weighted by atomic mass is 9.97. The molecule has 0 aliphatic carbocycles. The normalized spacial score (nSPS) is 11.5. The minimum absolute atomic E-state index is 0.582. The molecule has 2 heterocycles. The lowest BCUT2D eigenvalue weighted by Gasteiger charge is -2.26. The fourth-order valence-corrected chi connectivity index (χ4v) is 7.31. The van der Waals surface area contributed by atoms with Crippen LogP contribution in [0.25, 0.3) is 77.5 Å². The van der Waals surface area contributed by atoms with Gasteiger partial charge in [-0.05, 0) is 93.7 Å². The first-order valence-corrected chi connectivity index (χ1v) is 17.1. The third kappa shape index (κ3) is 5.04. The summed E-state index contributed by atoms with van der Waals surface area (Å²) in [6.45, 7) is 0. The van der Waals surface area contributed by atoms with Crippen LogP contribution in [0.3, 0.4) is 0 Å². The number of fused-ring (bicyclic) bond motifs is 5. The number of oxazole rings is 1. The van der Waals surface area contributed by atoms with Gasteiger partial charge < -0.3 is 13.7 Å². The highest BCUT2D eigenvalue weighted by atomic mass is 16.3. The van der Waals surface area contributed by atoms with Crippen molar-refractivity contribution in [2.45, 2.75) is 0 Å². The summed E-state index contributed by atoms with van der Waals surface area (Å²) in [6.07, 6.45) is 0. The third-order valence-corrected chi connectivity index (χ3v) is 9.68. The van der Waals surface area contributed by atoms with Crippen LogP contribution in [-0.4, -0.2) is 4.98 Å². The standard InChI is InChI=1S/C47H30N2O2/c1-2-12-31(13-3-1)33-16-8-18-35(28-33)49(36-19-9-17-34(29-36)39-21-10-15-32-14-4-5-20-38(32)39)37-26-27-40-45(30-37)50-44-25-11-22-41(46(40)44)47-48-42-23-6-7-24-43(42)51-47/h1-30H. The van der Waals surface area contributed by atoms with E-state index in [0.717, 1.165) is 66.8 Å². The van der Waals surface area contributed by atoms with E-state index in [0.29, 0.717) is 5.89 Å². The van der Waals surface area contributed by atoms with Crippen molar-refractivity contribution < 1.29 is 8.83 Å². The van der Waals surface area contributed by atoms with E-state index in [1.807, 2.05) is 36.4 Å². The Hall–Kier alpha value is -6.91. The molecule has 0 unspecified atom stereocenters. The largest absolute Gasteiger partial charge is 0.456 e. The van der Waals surface area contributed by atoms with Gasteiger partial charge >= 0.3 is 0 Å². The second-order valence-corrected chi connectivity index (χ2v) is 12.8. The zero-order valence-corrected chi connectivity index (χ0v) is 27.5. The fourth-order valence-electron chi connectivity index (χ4n) is 7.31. The summed E-state index contributed by atoms with van der Waals surface area (Å²) in [4.78, 5) is 7.13. The molecule has 0 aliphatic rings. The van der Waals surface area contributed by atoms with Crippen molar-refractivity contribution in [3.63, 3.8) is 0 Å². The fraction of sp³-hybridized carbons (Fsp3) is 0. The predicted molar refractivity (Wildman–Crippen MR) is 210 cm³/mol. The van der Waals surface area contributed by atoms with Crippen molar-refractivity contribution in [2.24, 2.45) is 0 Å². The van der Waals surface area contributed by atoms with Gasteiger partial charge in [0.2, 0.25) is 5.89 Å². The maximum absolute atomic E-state index is 6.59. The Balaban J connectivity index is 1.15. The van der Waals surface area contributed by atoms with Crippen molar-refractivity contribution in [2.75, 3.05) is 4.90 Å². The van der Waals surface area contributed by atoms with Crippen LogP contribution in [0.15, 0.2) is 191 Å². The first kappa shape index (κ1) is 29.0. The molecule has 4 heteroatoms. The Labute approximate surface area is 294 Å². The molecule has 240 valence electrons. The number of nitrogens with zero attached hydrogens (tertiary/aromatic N) is 2. The molecule has 0 spiro atoms. The van der Waals surface area contributed by atoms with E-state index in [9.17, 15) is 0 Å². The Kier molecular flexibility index (Phi) is 6.78. The topological polar surface area (TPSA) is 42.4 Å². The number of rotatable bonds is 6. The molecule has 10 aromatic rings. The van der Waals surface area contributed by atoms with Gasteiger partial charge in [0.15, 0.2) is 5.58 Å². The van der Waals surface area contributed by atoms with Crippen LogP contribution in [0.1, 0.15) is 0 Å². The quantitative estimate of drug-likeness (QED) is 0.179. The van der Waals surface area contributed by atoms with E-state index in [4.69, 9.17) is 13.8 Å². The van der Waals surface area contributed by atoms with E-state index in [-0.39, 0.29) is 0 Å². The number of aromatic nitrogens is 1. The molecule has 10 rings (SSSR count). The highest BCUT2D eigenvalue weighted by molar-refractivity contribution is 6.12. The Bertz CT molecular complexity index is 2850.